The Morgan fingerprint density at radius 1 is 1.04 bits per heavy atom. The van der Waals surface area contributed by atoms with Gasteiger partial charge in [0.05, 0.1) is 37.2 Å². The second kappa shape index (κ2) is 8.50. The number of anilines is 1. The minimum atomic E-state index is 0.773. The number of hydrogen-bond donors (Lipinski definition) is 2. The molecule has 0 aliphatic heterocycles. The molecule has 3 aromatic rings. The van der Waals surface area contributed by atoms with Crippen molar-refractivity contribution in [3.8, 4) is 0 Å². The molecule has 0 spiro atoms. The molecule has 0 aliphatic rings. The first-order valence-corrected chi connectivity index (χ1v) is 9.77. The molecular weight excluding hydrogens is 376 g/mol. The van der Waals surface area contributed by atoms with Gasteiger partial charge in [-0.3, -0.25) is 0 Å². The first-order chi connectivity index (χ1) is 12.2. The van der Waals surface area contributed by atoms with Crippen molar-refractivity contribution in [2.24, 2.45) is 0 Å². The maximum atomic E-state index is 4.81. The van der Waals surface area contributed by atoms with Gasteiger partial charge in [-0.05, 0) is 43.7 Å². The van der Waals surface area contributed by atoms with Gasteiger partial charge >= 0.3 is 0 Å². The second-order valence-corrected chi connectivity index (χ2v) is 7.18. The Hall–Kier alpha value is -1.85. The van der Waals surface area contributed by atoms with Crippen LogP contribution in [-0.2, 0) is 13.1 Å². The Kier molecular flexibility index (Phi) is 6.10. The third kappa shape index (κ3) is 4.41. The molecule has 3 rings (SSSR count). The van der Waals surface area contributed by atoms with Gasteiger partial charge < -0.3 is 14.8 Å². The smallest absolute Gasteiger partial charge is 0.204 e. The highest BCUT2D eigenvalue weighted by molar-refractivity contribution is 9.10. The van der Waals surface area contributed by atoms with Crippen LogP contribution in [-0.4, -0.2) is 29.2 Å². The van der Waals surface area contributed by atoms with Gasteiger partial charge in [-0.15, -0.1) is 0 Å². The summed E-state index contributed by atoms with van der Waals surface area (Å²) in [6.07, 6.45) is 0. The number of nitrogens with one attached hydrogen (secondary N) is 2. The van der Waals surface area contributed by atoms with Crippen molar-refractivity contribution < 1.29 is 4.90 Å². The number of imidazole rings is 1. The number of hydrogen-bond acceptors (Lipinski definition) is 2. The highest BCUT2D eigenvalue weighted by atomic mass is 79.9. The predicted octanol–water partition coefficient (Wildman–Crippen LogP) is 3.34. The summed E-state index contributed by atoms with van der Waals surface area (Å²) in [4.78, 5) is 6.42. The van der Waals surface area contributed by atoms with E-state index in [9.17, 15) is 0 Å². The normalized spacial score (nSPS) is 11.4. The van der Waals surface area contributed by atoms with E-state index in [4.69, 9.17) is 4.98 Å². The molecule has 0 atom stereocenters. The fourth-order valence-electron chi connectivity index (χ4n) is 3.09. The average Bonchev–Trinajstić information content (AvgIpc) is 3.00. The van der Waals surface area contributed by atoms with Crippen LogP contribution in [0.5, 0.6) is 0 Å². The lowest BCUT2D eigenvalue weighted by atomic mass is 10.2. The zero-order valence-electron chi connectivity index (χ0n) is 14.9. The van der Waals surface area contributed by atoms with E-state index < -0.39 is 0 Å². The van der Waals surface area contributed by atoms with E-state index in [1.807, 2.05) is 6.07 Å². The van der Waals surface area contributed by atoms with Crippen molar-refractivity contribution in [2.75, 3.05) is 25.0 Å². The number of likely N-dealkylation sites (N-methyl/N-ethyl adjacent to an activating group) is 1. The van der Waals surface area contributed by atoms with E-state index in [0.29, 0.717) is 0 Å². The van der Waals surface area contributed by atoms with E-state index >= 15 is 0 Å². The standard InChI is InChI=1S/C20H25BrN4/c1-3-24(4-2)13-14-25-19-8-6-5-7-18(19)23-20(25)22-15-16-9-11-17(21)12-10-16/h5-12H,3-4,13-15H2,1-2H3,(H,22,23)/p+1. The topological polar surface area (TPSA) is 34.3 Å². The van der Waals surface area contributed by atoms with Crippen LogP contribution < -0.4 is 10.2 Å². The highest BCUT2D eigenvalue weighted by Gasteiger charge is 2.12. The fraction of sp³-hybridized carbons (Fsp3) is 0.350. The Morgan fingerprint density at radius 2 is 1.76 bits per heavy atom. The molecule has 0 saturated heterocycles. The molecule has 4 nitrogen and oxygen atoms in total. The maximum absolute atomic E-state index is 4.81. The summed E-state index contributed by atoms with van der Waals surface area (Å²) in [6, 6.07) is 16.8. The van der Waals surface area contributed by atoms with E-state index in [-0.39, 0.29) is 0 Å². The number of halogens is 1. The Bertz CT molecular complexity index is 806. The van der Waals surface area contributed by atoms with Gasteiger partial charge in [0.1, 0.15) is 0 Å². The third-order valence-electron chi connectivity index (χ3n) is 4.71. The molecular formula is C20H26BrN4+. The van der Waals surface area contributed by atoms with E-state index in [1.54, 1.807) is 4.90 Å². The largest absolute Gasteiger partial charge is 0.352 e. The zero-order valence-corrected chi connectivity index (χ0v) is 16.5. The summed E-state index contributed by atoms with van der Waals surface area (Å²) in [5.41, 5.74) is 3.50. The molecule has 2 N–H and O–H groups in total. The van der Waals surface area contributed by atoms with E-state index in [0.717, 1.165) is 48.7 Å². The van der Waals surface area contributed by atoms with Crippen molar-refractivity contribution >= 4 is 32.9 Å². The number of fused-ring (bicyclic) bond motifs is 1. The van der Waals surface area contributed by atoms with Crippen LogP contribution in [0.15, 0.2) is 53.0 Å². The third-order valence-corrected chi connectivity index (χ3v) is 5.24. The molecule has 1 aromatic heterocycles. The minimum absolute atomic E-state index is 0.773. The minimum Gasteiger partial charge on any atom is -0.352 e. The molecule has 2 aromatic carbocycles. The molecule has 5 heteroatoms. The Balaban J connectivity index is 1.80. The van der Waals surface area contributed by atoms with Gasteiger partial charge in [0.25, 0.3) is 0 Å². The van der Waals surface area contributed by atoms with Crippen LogP contribution in [0.2, 0.25) is 0 Å². The van der Waals surface area contributed by atoms with Crippen molar-refractivity contribution in [2.45, 2.75) is 26.9 Å². The number of para-hydroxylation sites is 2. The molecule has 132 valence electrons. The summed E-state index contributed by atoms with van der Waals surface area (Å²) in [5, 5.41) is 3.53. The van der Waals surface area contributed by atoms with Gasteiger partial charge in [0.2, 0.25) is 5.95 Å². The van der Waals surface area contributed by atoms with Gasteiger partial charge in [0.15, 0.2) is 0 Å². The summed E-state index contributed by atoms with van der Waals surface area (Å²) in [6.45, 7) is 9.67. The van der Waals surface area contributed by atoms with E-state index in [2.05, 4.69) is 82.1 Å². The number of aromatic nitrogens is 2. The van der Waals surface area contributed by atoms with Crippen LogP contribution >= 0.6 is 15.9 Å². The molecule has 0 saturated carbocycles. The molecule has 0 radical (unpaired) electrons. The van der Waals surface area contributed by atoms with Gasteiger partial charge in [-0.2, -0.15) is 0 Å². The Labute approximate surface area is 158 Å². The van der Waals surface area contributed by atoms with E-state index in [1.165, 1.54) is 11.1 Å². The van der Waals surface area contributed by atoms with Crippen molar-refractivity contribution in [1.29, 1.82) is 0 Å². The molecule has 0 unspecified atom stereocenters. The second-order valence-electron chi connectivity index (χ2n) is 6.26. The van der Waals surface area contributed by atoms with Gasteiger partial charge in [-0.1, -0.05) is 40.2 Å². The summed E-state index contributed by atoms with van der Waals surface area (Å²) in [7, 11) is 0. The molecule has 0 bridgehead atoms. The van der Waals surface area contributed by atoms with Crippen molar-refractivity contribution in [3.63, 3.8) is 0 Å². The van der Waals surface area contributed by atoms with Crippen LogP contribution in [0.4, 0.5) is 5.95 Å². The van der Waals surface area contributed by atoms with Crippen LogP contribution in [0.25, 0.3) is 11.0 Å². The number of quaternary nitrogens is 1. The lowest BCUT2D eigenvalue weighted by Crippen LogP contribution is -3.11. The quantitative estimate of drug-likeness (QED) is 0.606. The fourth-order valence-corrected chi connectivity index (χ4v) is 3.36. The van der Waals surface area contributed by atoms with Crippen molar-refractivity contribution in [3.05, 3.63) is 58.6 Å². The Morgan fingerprint density at radius 3 is 2.48 bits per heavy atom. The zero-order chi connectivity index (χ0) is 17.6. The SMILES string of the molecule is CC[NH+](CC)CCn1c(NCc2ccc(Br)cc2)nc2ccccc21. The number of rotatable bonds is 8. The molecule has 0 fully saturated rings. The molecule has 25 heavy (non-hydrogen) atoms. The predicted molar refractivity (Wildman–Crippen MR) is 108 cm³/mol. The van der Waals surface area contributed by atoms with Crippen LogP contribution in [0.1, 0.15) is 19.4 Å². The molecule has 1 heterocycles. The van der Waals surface area contributed by atoms with Crippen LogP contribution in [0, 0.1) is 0 Å². The summed E-state index contributed by atoms with van der Waals surface area (Å²) in [5.74, 6) is 0.954. The number of nitrogens with zero attached hydrogens (tertiary/aromatic N) is 2. The van der Waals surface area contributed by atoms with Gasteiger partial charge in [-0.25, -0.2) is 4.98 Å². The van der Waals surface area contributed by atoms with Gasteiger partial charge in [0, 0.05) is 11.0 Å². The molecule has 0 amide bonds. The summed E-state index contributed by atoms with van der Waals surface area (Å²) >= 11 is 3.48. The molecule has 0 aliphatic carbocycles. The average molecular weight is 402 g/mol. The maximum Gasteiger partial charge on any atom is 0.204 e. The number of benzene rings is 2. The first-order valence-electron chi connectivity index (χ1n) is 8.98. The first kappa shape index (κ1) is 18.0. The lowest BCUT2D eigenvalue weighted by Gasteiger charge is -2.17. The summed E-state index contributed by atoms with van der Waals surface area (Å²) < 4.78 is 3.42. The monoisotopic (exact) mass is 401 g/mol. The lowest BCUT2D eigenvalue weighted by molar-refractivity contribution is -0.897. The van der Waals surface area contributed by atoms with Crippen molar-refractivity contribution in [1.82, 2.24) is 9.55 Å². The highest BCUT2D eigenvalue weighted by Crippen LogP contribution is 2.20. The van der Waals surface area contributed by atoms with Crippen LogP contribution in [0.3, 0.4) is 0 Å².